The summed E-state index contributed by atoms with van der Waals surface area (Å²) in [5.41, 5.74) is 7.16. The van der Waals surface area contributed by atoms with E-state index in [2.05, 4.69) is 74.5 Å². The molecule has 0 radical (unpaired) electrons. The van der Waals surface area contributed by atoms with Crippen LogP contribution in [0.5, 0.6) is 0 Å². The highest BCUT2D eigenvalue weighted by Crippen LogP contribution is 2.43. The summed E-state index contributed by atoms with van der Waals surface area (Å²) in [4.78, 5) is 12.7. The van der Waals surface area contributed by atoms with Crippen molar-refractivity contribution in [3.8, 4) is 10.6 Å². The lowest BCUT2D eigenvalue weighted by atomic mass is 10.0. The van der Waals surface area contributed by atoms with E-state index < -0.39 is 0 Å². The number of benzene rings is 3. The maximum atomic E-state index is 5.16. The highest BCUT2D eigenvalue weighted by molar-refractivity contribution is 7.99. The second kappa shape index (κ2) is 8.37. The van der Waals surface area contributed by atoms with Crippen molar-refractivity contribution in [3.63, 3.8) is 0 Å². The van der Waals surface area contributed by atoms with Gasteiger partial charge >= 0.3 is 0 Å². The Hall–Kier alpha value is -2.43. The Morgan fingerprint density at radius 1 is 0.900 bits per heavy atom. The summed E-state index contributed by atoms with van der Waals surface area (Å²) in [7, 11) is 0. The van der Waals surface area contributed by atoms with E-state index in [0.29, 0.717) is 0 Å². The summed E-state index contributed by atoms with van der Waals surface area (Å²) < 4.78 is 1.26. The van der Waals surface area contributed by atoms with E-state index in [1.165, 1.54) is 37.8 Å². The van der Waals surface area contributed by atoms with Gasteiger partial charge in [-0.1, -0.05) is 68.4 Å². The van der Waals surface area contributed by atoms with Gasteiger partial charge in [0.05, 0.1) is 15.9 Å². The quantitative estimate of drug-likeness (QED) is 0.319. The molecule has 2 heterocycles. The second-order valence-electron chi connectivity index (χ2n) is 7.58. The van der Waals surface area contributed by atoms with Crippen LogP contribution < -0.4 is 0 Å². The molecular formula is C26H24N2S2. The van der Waals surface area contributed by atoms with E-state index in [4.69, 9.17) is 9.98 Å². The zero-order valence-electron chi connectivity index (χ0n) is 17.3. The molecule has 1 aliphatic rings. The van der Waals surface area contributed by atoms with Crippen molar-refractivity contribution >= 4 is 44.7 Å². The van der Waals surface area contributed by atoms with Gasteiger partial charge < -0.3 is 0 Å². The largest absolute Gasteiger partial charge is 0.252 e. The summed E-state index contributed by atoms with van der Waals surface area (Å²) in [6, 6.07) is 21.8. The first-order chi connectivity index (χ1) is 14.8. The van der Waals surface area contributed by atoms with Crippen molar-refractivity contribution in [2.75, 3.05) is 0 Å². The maximum absolute atomic E-state index is 5.16. The molecule has 150 valence electrons. The monoisotopic (exact) mass is 428 g/mol. The van der Waals surface area contributed by atoms with E-state index in [-0.39, 0.29) is 0 Å². The number of rotatable bonds is 5. The van der Waals surface area contributed by atoms with Gasteiger partial charge in [0.25, 0.3) is 0 Å². The number of aliphatic imine (C=N–C) groups is 1. The third kappa shape index (κ3) is 3.59. The van der Waals surface area contributed by atoms with E-state index in [1.807, 2.05) is 11.8 Å². The second-order valence-corrected chi connectivity index (χ2v) is 9.69. The highest BCUT2D eigenvalue weighted by atomic mass is 32.2. The maximum Gasteiger partial charge on any atom is 0.124 e. The first-order valence-corrected chi connectivity index (χ1v) is 12.3. The van der Waals surface area contributed by atoms with Crippen LogP contribution >= 0.6 is 23.1 Å². The van der Waals surface area contributed by atoms with Crippen molar-refractivity contribution in [2.24, 2.45) is 4.99 Å². The molecule has 0 saturated carbocycles. The average Bonchev–Trinajstić information content (AvgIpc) is 3.15. The molecule has 0 N–H and O–H groups in total. The molecule has 30 heavy (non-hydrogen) atoms. The fourth-order valence-electron chi connectivity index (χ4n) is 3.89. The Labute approximate surface area is 186 Å². The van der Waals surface area contributed by atoms with Gasteiger partial charge in [-0.15, -0.1) is 11.3 Å². The molecule has 0 aliphatic carbocycles. The third-order valence-electron chi connectivity index (χ3n) is 5.53. The standard InChI is InChI=1S/C26H24N2S2/c1-3-5-11-20-19-10-6-7-12-22(19)29-23-15-14-18(16-21(23)27-20)26-28-25-17(4-2)9-8-13-24(25)30-26/h6-10,12-16H,3-5,11H2,1-2H3. The molecule has 0 saturated heterocycles. The van der Waals surface area contributed by atoms with Crippen molar-refractivity contribution in [2.45, 2.75) is 49.3 Å². The number of unbranched alkanes of at least 4 members (excludes halogenated alkanes) is 1. The van der Waals surface area contributed by atoms with Crippen molar-refractivity contribution in [1.82, 2.24) is 4.98 Å². The Morgan fingerprint density at radius 3 is 2.67 bits per heavy atom. The lowest BCUT2D eigenvalue weighted by Gasteiger charge is -2.07. The number of fused-ring (bicyclic) bond motifs is 3. The lowest BCUT2D eigenvalue weighted by Crippen LogP contribution is -2.01. The molecule has 2 nitrogen and oxygen atoms in total. The number of para-hydroxylation sites is 1. The Balaban J connectivity index is 1.61. The van der Waals surface area contributed by atoms with Crippen LogP contribution in [0.1, 0.15) is 44.2 Å². The van der Waals surface area contributed by atoms with Crippen LogP contribution in [0.15, 0.2) is 75.4 Å². The number of nitrogens with zero attached hydrogens (tertiary/aromatic N) is 2. The summed E-state index contributed by atoms with van der Waals surface area (Å²) in [6.45, 7) is 4.43. The number of aryl methyl sites for hydroxylation is 1. The van der Waals surface area contributed by atoms with Gasteiger partial charge in [-0.2, -0.15) is 0 Å². The molecule has 1 aliphatic heterocycles. The lowest BCUT2D eigenvalue weighted by molar-refractivity contribution is 0.834. The first-order valence-electron chi connectivity index (χ1n) is 10.6. The summed E-state index contributed by atoms with van der Waals surface area (Å²) >= 11 is 3.60. The van der Waals surface area contributed by atoms with Gasteiger partial charge in [-0.05, 0) is 49.1 Å². The molecule has 0 amide bonds. The molecule has 4 aromatic rings. The fraction of sp³-hybridized carbons (Fsp3) is 0.231. The van der Waals surface area contributed by atoms with Crippen LogP contribution in [0.25, 0.3) is 20.8 Å². The third-order valence-corrected chi connectivity index (χ3v) is 7.74. The number of hydrogen-bond acceptors (Lipinski definition) is 4. The molecule has 0 bridgehead atoms. The zero-order valence-corrected chi connectivity index (χ0v) is 18.9. The van der Waals surface area contributed by atoms with Crippen LogP contribution in [-0.4, -0.2) is 10.7 Å². The summed E-state index contributed by atoms with van der Waals surface area (Å²) in [5, 5.41) is 1.07. The molecule has 0 spiro atoms. The van der Waals surface area contributed by atoms with E-state index in [0.717, 1.165) is 41.0 Å². The molecular weight excluding hydrogens is 404 g/mol. The van der Waals surface area contributed by atoms with Crippen LogP contribution in [-0.2, 0) is 6.42 Å². The minimum atomic E-state index is 1.00. The first kappa shape index (κ1) is 19.5. The van der Waals surface area contributed by atoms with E-state index >= 15 is 0 Å². The van der Waals surface area contributed by atoms with Gasteiger partial charge in [-0.3, -0.25) is 4.99 Å². The van der Waals surface area contributed by atoms with Gasteiger partial charge in [0, 0.05) is 26.6 Å². The minimum absolute atomic E-state index is 1.00. The minimum Gasteiger partial charge on any atom is -0.252 e. The van der Waals surface area contributed by atoms with Gasteiger partial charge in [0.15, 0.2) is 0 Å². The van der Waals surface area contributed by atoms with E-state index in [9.17, 15) is 0 Å². The van der Waals surface area contributed by atoms with Crippen molar-refractivity contribution in [1.29, 1.82) is 0 Å². The fourth-order valence-corrected chi connectivity index (χ4v) is 5.93. The number of aromatic nitrogens is 1. The molecule has 0 unspecified atom stereocenters. The molecule has 1 aromatic heterocycles. The predicted molar refractivity (Wildman–Crippen MR) is 131 cm³/mol. The van der Waals surface area contributed by atoms with Crippen LogP contribution in [0.2, 0.25) is 0 Å². The molecule has 0 fully saturated rings. The Kier molecular flexibility index (Phi) is 5.45. The average molecular weight is 429 g/mol. The molecule has 3 aromatic carbocycles. The zero-order chi connectivity index (χ0) is 20.5. The SMILES string of the molecule is CCCCC1=Nc2cc(-c3nc4c(CC)cccc4s3)ccc2Sc2ccccc21. The highest BCUT2D eigenvalue weighted by Gasteiger charge is 2.18. The van der Waals surface area contributed by atoms with Crippen LogP contribution in [0.4, 0.5) is 5.69 Å². The summed E-state index contributed by atoms with van der Waals surface area (Å²) in [5.74, 6) is 0. The Bertz CT molecular complexity index is 1250. The van der Waals surface area contributed by atoms with Crippen LogP contribution in [0.3, 0.4) is 0 Å². The smallest absolute Gasteiger partial charge is 0.124 e. The molecule has 0 atom stereocenters. The van der Waals surface area contributed by atoms with E-state index in [1.54, 1.807) is 11.3 Å². The molecule has 5 rings (SSSR count). The molecule has 4 heteroatoms. The predicted octanol–water partition coefficient (Wildman–Crippen LogP) is 8.30. The summed E-state index contributed by atoms with van der Waals surface area (Å²) in [6.07, 6.45) is 4.35. The Morgan fingerprint density at radius 2 is 1.80 bits per heavy atom. The van der Waals surface area contributed by atoms with Crippen molar-refractivity contribution < 1.29 is 0 Å². The normalized spacial score (nSPS) is 12.9. The van der Waals surface area contributed by atoms with Crippen LogP contribution in [0, 0.1) is 0 Å². The van der Waals surface area contributed by atoms with Gasteiger partial charge in [-0.25, -0.2) is 4.98 Å². The number of hydrogen-bond donors (Lipinski definition) is 0. The van der Waals surface area contributed by atoms with Gasteiger partial charge in [0.1, 0.15) is 5.01 Å². The van der Waals surface area contributed by atoms with Gasteiger partial charge in [0.2, 0.25) is 0 Å². The number of thiazole rings is 1. The van der Waals surface area contributed by atoms with Crippen molar-refractivity contribution in [3.05, 3.63) is 71.8 Å². The topological polar surface area (TPSA) is 25.2 Å².